The molecule has 0 aromatic rings. The minimum atomic E-state index is 0.764. The first kappa shape index (κ1) is 15.0. The molecule has 0 aromatic carbocycles. The van der Waals surface area contributed by atoms with Crippen molar-refractivity contribution in [3.8, 4) is 0 Å². The van der Waals surface area contributed by atoms with Crippen LogP contribution in [0.2, 0.25) is 0 Å². The Hall–Kier alpha value is -0.0400. The van der Waals surface area contributed by atoms with Crippen LogP contribution in [-0.2, 0) is 0 Å². The molecule has 1 nitrogen and oxygen atoms in total. The van der Waals surface area contributed by atoms with Crippen LogP contribution in [0.15, 0.2) is 0 Å². The SMILES string of the molecule is CCCNC(CC(C)C)C1CC(C)CC(C)C1. The van der Waals surface area contributed by atoms with E-state index >= 15 is 0 Å². The molecule has 0 spiro atoms. The van der Waals surface area contributed by atoms with Crippen molar-refractivity contribution in [3.05, 3.63) is 0 Å². The Labute approximate surface area is 109 Å². The van der Waals surface area contributed by atoms with Crippen LogP contribution in [0.3, 0.4) is 0 Å². The second kappa shape index (κ2) is 7.41. The van der Waals surface area contributed by atoms with Crippen molar-refractivity contribution in [2.24, 2.45) is 23.7 Å². The predicted molar refractivity (Wildman–Crippen MR) is 77.2 cm³/mol. The topological polar surface area (TPSA) is 12.0 Å². The molecule has 1 saturated carbocycles. The third kappa shape index (κ3) is 5.42. The van der Waals surface area contributed by atoms with Crippen molar-refractivity contribution < 1.29 is 0 Å². The molecule has 3 atom stereocenters. The van der Waals surface area contributed by atoms with Crippen molar-refractivity contribution in [1.29, 1.82) is 0 Å². The van der Waals surface area contributed by atoms with Gasteiger partial charge in [0.2, 0.25) is 0 Å². The van der Waals surface area contributed by atoms with Gasteiger partial charge in [0.15, 0.2) is 0 Å². The fourth-order valence-corrected chi connectivity index (χ4v) is 3.62. The molecule has 0 aromatic heterocycles. The Morgan fingerprint density at radius 2 is 1.65 bits per heavy atom. The molecular formula is C16H33N. The Balaban J connectivity index is 2.54. The maximum atomic E-state index is 3.81. The van der Waals surface area contributed by atoms with Gasteiger partial charge < -0.3 is 5.32 Å². The normalized spacial score (nSPS) is 31.8. The highest BCUT2D eigenvalue weighted by Gasteiger charge is 2.29. The van der Waals surface area contributed by atoms with E-state index in [1.807, 2.05) is 0 Å². The standard InChI is InChI=1S/C16H33N/c1-6-7-17-16(8-12(2)3)15-10-13(4)9-14(5)11-15/h12-17H,6-11H2,1-5H3. The molecule has 1 rings (SSSR count). The molecule has 0 amide bonds. The summed E-state index contributed by atoms with van der Waals surface area (Å²) in [5.41, 5.74) is 0. The molecule has 1 fully saturated rings. The fraction of sp³-hybridized carbons (Fsp3) is 1.00. The lowest BCUT2D eigenvalue weighted by molar-refractivity contribution is 0.163. The first-order chi connectivity index (χ1) is 8.02. The van der Waals surface area contributed by atoms with Gasteiger partial charge in [-0.3, -0.25) is 0 Å². The monoisotopic (exact) mass is 239 g/mol. The summed E-state index contributed by atoms with van der Waals surface area (Å²) in [5.74, 6) is 3.60. The highest BCUT2D eigenvalue weighted by atomic mass is 14.9. The van der Waals surface area contributed by atoms with Crippen LogP contribution < -0.4 is 5.32 Å². The van der Waals surface area contributed by atoms with Gasteiger partial charge in [-0.15, -0.1) is 0 Å². The number of hydrogen-bond donors (Lipinski definition) is 1. The summed E-state index contributed by atoms with van der Waals surface area (Å²) in [6.45, 7) is 13.1. The molecule has 0 aliphatic heterocycles. The van der Waals surface area contributed by atoms with Gasteiger partial charge in [0.05, 0.1) is 0 Å². The summed E-state index contributed by atoms with van der Waals surface area (Å²) >= 11 is 0. The molecule has 1 heteroatoms. The summed E-state index contributed by atoms with van der Waals surface area (Å²) in [5, 5.41) is 3.81. The van der Waals surface area contributed by atoms with Gasteiger partial charge in [0, 0.05) is 6.04 Å². The molecule has 1 N–H and O–H groups in total. The largest absolute Gasteiger partial charge is 0.314 e. The van der Waals surface area contributed by atoms with Crippen LogP contribution in [0.1, 0.15) is 66.7 Å². The molecule has 1 aliphatic carbocycles. The second-order valence-electron chi connectivity index (χ2n) is 6.87. The summed E-state index contributed by atoms with van der Waals surface area (Å²) in [7, 11) is 0. The molecule has 17 heavy (non-hydrogen) atoms. The minimum absolute atomic E-state index is 0.764. The summed E-state index contributed by atoms with van der Waals surface area (Å²) in [6.07, 6.45) is 6.94. The van der Waals surface area contributed by atoms with E-state index in [-0.39, 0.29) is 0 Å². The first-order valence-corrected chi connectivity index (χ1v) is 7.76. The Morgan fingerprint density at radius 3 is 2.12 bits per heavy atom. The zero-order chi connectivity index (χ0) is 12.8. The van der Waals surface area contributed by atoms with Crippen molar-refractivity contribution >= 4 is 0 Å². The summed E-state index contributed by atoms with van der Waals surface area (Å²) in [6, 6.07) is 0.764. The van der Waals surface area contributed by atoms with Gasteiger partial charge in [-0.1, -0.05) is 34.6 Å². The van der Waals surface area contributed by atoms with E-state index in [1.54, 1.807) is 0 Å². The lowest BCUT2D eigenvalue weighted by atomic mass is 9.72. The Bertz CT molecular complexity index is 190. The van der Waals surface area contributed by atoms with Crippen molar-refractivity contribution in [2.45, 2.75) is 72.8 Å². The quantitative estimate of drug-likeness (QED) is 0.721. The molecule has 0 bridgehead atoms. The summed E-state index contributed by atoms with van der Waals surface area (Å²) in [4.78, 5) is 0. The molecule has 3 unspecified atom stereocenters. The molecule has 0 saturated heterocycles. The minimum Gasteiger partial charge on any atom is -0.314 e. The highest BCUT2D eigenvalue weighted by Crippen LogP contribution is 2.36. The predicted octanol–water partition coefficient (Wildman–Crippen LogP) is 4.47. The van der Waals surface area contributed by atoms with Crippen LogP contribution in [0, 0.1) is 23.7 Å². The average Bonchev–Trinajstić information content (AvgIpc) is 2.22. The average molecular weight is 239 g/mol. The molecule has 102 valence electrons. The zero-order valence-corrected chi connectivity index (χ0v) is 12.6. The number of hydrogen-bond acceptors (Lipinski definition) is 1. The van der Waals surface area contributed by atoms with Crippen molar-refractivity contribution in [2.75, 3.05) is 6.54 Å². The van der Waals surface area contributed by atoms with Crippen LogP contribution in [0.4, 0.5) is 0 Å². The van der Waals surface area contributed by atoms with Crippen LogP contribution in [-0.4, -0.2) is 12.6 Å². The molecular weight excluding hydrogens is 206 g/mol. The third-order valence-electron chi connectivity index (χ3n) is 4.17. The maximum Gasteiger partial charge on any atom is 0.00979 e. The van der Waals surface area contributed by atoms with Crippen LogP contribution in [0.25, 0.3) is 0 Å². The third-order valence-corrected chi connectivity index (χ3v) is 4.17. The molecule has 1 aliphatic rings. The summed E-state index contributed by atoms with van der Waals surface area (Å²) < 4.78 is 0. The van der Waals surface area contributed by atoms with Crippen LogP contribution in [0.5, 0.6) is 0 Å². The van der Waals surface area contributed by atoms with E-state index in [0.29, 0.717) is 0 Å². The van der Waals surface area contributed by atoms with Crippen molar-refractivity contribution in [3.63, 3.8) is 0 Å². The van der Waals surface area contributed by atoms with E-state index < -0.39 is 0 Å². The number of nitrogens with one attached hydrogen (secondary N) is 1. The van der Waals surface area contributed by atoms with E-state index in [2.05, 4.69) is 39.9 Å². The van der Waals surface area contributed by atoms with Gasteiger partial charge in [-0.2, -0.15) is 0 Å². The Morgan fingerprint density at radius 1 is 1.06 bits per heavy atom. The Kier molecular flexibility index (Phi) is 6.54. The van der Waals surface area contributed by atoms with Crippen LogP contribution >= 0.6 is 0 Å². The van der Waals surface area contributed by atoms with E-state index in [0.717, 1.165) is 29.7 Å². The van der Waals surface area contributed by atoms with Gasteiger partial charge >= 0.3 is 0 Å². The fourth-order valence-electron chi connectivity index (χ4n) is 3.62. The maximum absolute atomic E-state index is 3.81. The lowest BCUT2D eigenvalue weighted by Gasteiger charge is -2.37. The van der Waals surface area contributed by atoms with Gasteiger partial charge in [0.1, 0.15) is 0 Å². The smallest absolute Gasteiger partial charge is 0.00979 e. The molecule has 0 radical (unpaired) electrons. The zero-order valence-electron chi connectivity index (χ0n) is 12.6. The van der Waals surface area contributed by atoms with Crippen molar-refractivity contribution in [1.82, 2.24) is 5.32 Å². The second-order valence-corrected chi connectivity index (χ2v) is 6.87. The highest BCUT2D eigenvalue weighted by molar-refractivity contribution is 4.84. The van der Waals surface area contributed by atoms with E-state index in [9.17, 15) is 0 Å². The lowest BCUT2D eigenvalue weighted by Crippen LogP contribution is -2.41. The van der Waals surface area contributed by atoms with Gasteiger partial charge in [0.25, 0.3) is 0 Å². The van der Waals surface area contributed by atoms with Gasteiger partial charge in [-0.25, -0.2) is 0 Å². The van der Waals surface area contributed by atoms with E-state index in [4.69, 9.17) is 0 Å². The molecule has 0 heterocycles. The van der Waals surface area contributed by atoms with E-state index in [1.165, 1.54) is 38.6 Å². The first-order valence-electron chi connectivity index (χ1n) is 7.76. The number of rotatable bonds is 6. The van der Waals surface area contributed by atoms with Gasteiger partial charge in [-0.05, 0) is 62.3 Å².